The predicted octanol–water partition coefficient (Wildman–Crippen LogP) is -0.0382. The first-order valence-corrected chi connectivity index (χ1v) is 4.14. The normalized spacial score (nSPS) is 44.7. The molecule has 2 saturated heterocycles. The Hall–Kier alpha value is -0.120. The molecule has 3 unspecified atom stereocenters. The molecule has 2 aliphatic rings. The predicted molar refractivity (Wildman–Crippen MR) is 41.5 cm³/mol. The lowest BCUT2D eigenvalue weighted by molar-refractivity contribution is 0.0502. The van der Waals surface area contributed by atoms with Gasteiger partial charge in [0.1, 0.15) is 0 Å². The first-order chi connectivity index (χ1) is 5.31. The number of hydrogen-bond acceptors (Lipinski definition) is 3. The number of nitrogens with zero attached hydrogens (tertiary/aromatic N) is 1. The molecule has 0 aliphatic carbocycles. The summed E-state index contributed by atoms with van der Waals surface area (Å²) in [5, 5.41) is 0. The number of hydrogen-bond donors (Lipinski definition) is 0. The summed E-state index contributed by atoms with van der Waals surface area (Å²) in [6.45, 7) is 2.99. The van der Waals surface area contributed by atoms with Gasteiger partial charge in [0.25, 0.3) is 0 Å². The van der Waals surface area contributed by atoms with Crippen molar-refractivity contribution in [3.05, 3.63) is 0 Å². The van der Waals surface area contributed by atoms with Crippen LogP contribution in [0.15, 0.2) is 0 Å². The van der Waals surface area contributed by atoms with Gasteiger partial charge in [-0.1, -0.05) is 0 Å². The van der Waals surface area contributed by atoms with Crippen LogP contribution in [0.25, 0.3) is 0 Å². The van der Waals surface area contributed by atoms with Gasteiger partial charge >= 0.3 is 0 Å². The average Bonchev–Trinajstić information content (AvgIpc) is 2.45. The average molecular weight is 157 g/mol. The second-order valence-corrected chi connectivity index (χ2v) is 3.53. The highest BCUT2D eigenvalue weighted by molar-refractivity contribution is 4.92. The third kappa shape index (κ3) is 1.17. The minimum absolute atomic E-state index is 0.338. The maximum Gasteiger partial charge on any atom is 0.0870 e. The van der Waals surface area contributed by atoms with E-state index in [4.69, 9.17) is 9.47 Å². The van der Waals surface area contributed by atoms with Gasteiger partial charge in [-0.05, 0) is 7.05 Å². The molecule has 0 spiro atoms. The van der Waals surface area contributed by atoms with Gasteiger partial charge in [-0.2, -0.15) is 0 Å². The highest BCUT2D eigenvalue weighted by Crippen LogP contribution is 2.29. The molecule has 3 heteroatoms. The Balaban J connectivity index is 2.01. The van der Waals surface area contributed by atoms with Gasteiger partial charge in [0, 0.05) is 26.1 Å². The number of rotatable bonds is 1. The molecular weight excluding hydrogens is 142 g/mol. The van der Waals surface area contributed by atoms with E-state index in [2.05, 4.69) is 11.9 Å². The molecule has 64 valence electrons. The fourth-order valence-corrected chi connectivity index (χ4v) is 2.11. The largest absolute Gasteiger partial charge is 0.379 e. The summed E-state index contributed by atoms with van der Waals surface area (Å²) in [5.74, 6) is 0.616. The molecule has 0 N–H and O–H groups in total. The molecule has 3 atom stereocenters. The van der Waals surface area contributed by atoms with Crippen LogP contribution in [0.3, 0.4) is 0 Å². The van der Waals surface area contributed by atoms with Gasteiger partial charge in [0.15, 0.2) is 0 Å². The first kappa shape index (κ1) is 7.53. The number of likely N-dealkylation sites (tertiary alicyclic amines) is 1. The van der Waals surface area contributed by atoms with Crippen LogP contribution in [0.1, 0.15) is 0 Å². The van der Waals surface area contributed by atoms with Crippen molar-refractivity contribution in [1.29, 1.82) is 0 Å². The number of fused-ring (bicyclic) bond motifs is 1. The molecule has 0 aromatic rings. The molecule has 2 heterocycles. The van der Waals surface area contributed by atoms with Crippen LogP contribution in [0.5, 0.6) is 0 Å². The van der Waals surface area contributed by atoms with E-state index in [-0.39, 0.29) is 0 Å². The third-order valence-corrected chi connectivity index (χ3v) is 2.75. The molecule has 0 bridgehead atoms. The fourth-order valence-electron chi connectivity index (χ4n) is 2.11. The van der Waals surface area contributed by atoms with E-state index in [9.17, 15) is 0 Å². The van der Waals surface area contributed by atoms with Gasteiger partial charge in [-0.15, -0.1) is 0 Å². The maximum atomic E-state index is 5.58. The molecule has 0 radical (unpaired) electrons. The van der Waals surface area contributed by atoms with E-state index in [1.807, 2.05) is 0 Å². The Morgan fingerprint density at radius 1 is 1.45 bits per heavy atom. The summed E-state index contributed by atoms with van der Waals surface area (Å²) in [5.41, 5.74) is 0. The minimum Gasteiger partial charge on any atom is -0.379 e. The topological polar surface area (TPSA) is 21.7 Å². The van der Waals surface area contributed by atoms with Crippen LogP contribution < -0.4 is 0 Å². The zero-order valence-corrected chi connectivity index (χ0v) is 7.12. The van der Waals surface area contributed by atoms with E-state index in [0.717, 1.165) is 19.7 Å². The maximum absolute atomic E-state index is 5.58. The van der Waals surface area contributed by atoms with E-state index < -0.39 is 0 Å². The van der Waals surface area contributed by atoms with Gasteiger partial charge in [0.05, 0.1) is 18.8 Å². The Labute approximate surface area is 67.3 Å². The van der Waals surface area contributed by atoms with Gasteiger partial charge < -0.3 is 14.4 Å². The van der Waals surface area contributed by atoms with Crippen LogP contribution in [-0.2, 0) is 9.47 Å². The molecular formula is C8H15NO2. The third-order valence-electron chi connectivity index (χ3n) is 2.75. The molecule has 2 fully saturated rings. The monoisotopic (exact) mass is 157 g/mol. The molecule has 2 aliphatic heterocycles. The lowest BCUT2D eigenvalue weighted by Gasteiger charge is -2.14. The summed E-state index contributed by atoms with van der Waals surface area (Å²) in [4.78, 5) is 2.31. The Bertz CT molecular complexity index is 149. The Kier molecular flexibility index (Phi) is 1.87. The number of likely N-dealkylation sites (N-methyl/N-ethyl adjacent to an activating group) is 1. The summed E-state index contributed by atoms with van der Waals surface area (Å²) < 4.78 is 10.9. The van der Waals surface area contributed by atoms with Gasteiger partial charge in [0.2, 0.25) is 0 Å². The summed E-state index contributed by atoms with van der Waals surface area (Å²) in [6.07, 6.45) is 0.773. The van der Waals surface area contributed by atoms with Gasteiger partial charge in [-0.3, -0.25) is 0 Å². The molecule has 2 rings (SSSR count). The molecule has 0 aromatic carbocycles. The van der Waals surface area contributed by atoms with E-state index in [1.165, 1.54) is 0 Å². The van der Waals surface area contributed by atoms with Crippen LogP contribution in [-0.4, -0.2) is 51.0 Å². The molecule has 0 amide bonds. The Morgan fingerprint density at radius 2 is 2.27 bits per heavy atom. The van der Waals surface area contributed by atoms with Crippen LogP contribution in [0, 0.1) is 5.92 Å². The Morgan fingerprint density at radius 3 is 3.00 bits per heavy atom. The van der Waals surface area contributed by atoms with Crippen molar-refractivity contribution in [3.63, 3.8) is 0 Å². The van der Waals surface area contributed by atoms with Crippen molar-refractivity contribution in [2.45, 2.75) is 12.2 Å². The van der Waals surface area contributed by atoms with Crippen molar-refractivity contribution < 1.29 is 9.47 Å². The van der Waals surface area contributed by atoms with Crippen molar-refractivity contribution in [3.8, 4) is 0 Å². The molecule has 3 nitrogen and oxygen atoms in total. The SMILES string of the molecule is COC1COC2CN(C)CC12. The van der Waals surface area contributed by atoms with Crippen molar-refractivity contribution >= 4 is 0 Å². The zero-order valence-electron chi connectivity index (χ0n) is 7.12. The summed E-state index contributed by atoms with van der Waals surface area (Å²) >= 11 is 0. The molecule has 0 saturated carbocycles. The fraction of sp³-hybridized carbons (Fsp3) is 1.00. The first-order valence-electron chi connectivity index (χ1n) is 4.14. The second-order valence-electron chi connectivity index (χ2n) is 3.53. The summed E-state index contributed by atoms with van der Waals surface area (Å²) in [6, 6.07) is 0. The van der Waals surface area contributed by atoms with Crippen molar-refractivity contribution in [2.75, 3.05) is 33.9 Å². The standard InChI is InChI=1S/C8H15NO2/c1-9-3-6-7(4-9)11-5-8(6)10-2/h6-8H,3-5H2,1-2H3. The lowest BCUT2D eigenvalue weighted by Crippen LogP contribution is -2.25. The van der Waals surface area contributed by atoms with E-state index in [1.54, 1.807) is 7.11 Å². The number of methoxy groups -OCH3 is 1. The highest BCUT2D eigenvalue weighted by Gasteiger charge is 2.42. The van der Waals surface area contributed by atoms with Gasteiger partial charge in [-0.25, -0.2) is 0 Å². The lowest BCUT2D eigenvalue weighted by atomic mass is 10.0. The van der Waals surface area contributed by atoms with E-state index in [0.29, 0.717) is 18.1 Å². The minimum atomic E-state index is 0.338. The van der Waals surface area contributed by atoms with Crippen molar-refractivity contribution in [2.24, 2.45) is 5.92 Å². The smallest absolute Gasteiger partial charge is 0.0870 e. The van der Waals surface area contributed by atoms with E-state index >= 15 is 0 Å². The van der Waals surface area contributed by atoms with Crippen LogP contribution >= 0.6 is 0 Å². The number of ether oxygens (including phenoxy) is 2. The molecule has 11 heavy (non-hydrogen) atoms. The van der Waals surface area contributed by atoms with Crippen molar-refractivity contribution in [1.82, 2.24) is 4.90 Å². The summed E-state index contributed by atoms with van der Waals surface area (Å²) in [7, 11) is 3.91. The van der Waals surface area contributed by atoms with Crippen LogP contribution in [0.4, 0.5) is 0 Å². The highest BCUT2D eigenvalue weighted by atomic mass is 16.5. The second kappa shape index (κ2) is 2.73. The zero-order chi connectivity index (χ0) is 7.84. The van der Waals surface area contributed by atoms with Crippen LogP contribution in [0.2, 0.25) is 0 Å². The quantitative estimate of drug-likeness (QED) is 0.533. The molecule has 0 aromatic heterocycles.